The van der Waals surface area contributed by atoms with E-state index in [1.807, 2.05) is 49.4 Å². The third-order valence-electron chi connectivity index (χ3n) is 3.46. The fourth-order valence-corrected chi connectivity index (χ4v) is 2.41. The second-order valence-corrected chi connectivity index (χ2v) is 5.14. The molecule has 24 heavy (non-hydrogen) atoms. The lowest BCUT2D eigenvalue weighted by Crippen LogP contribution is -2.05. The third kappa shape index (κ3) is 4.07. The van der Waals surface area contributed by atoms with E-state index in [-0.39, 0.29) is 5.91 Å². The minimum Gasteiger partial charge on any atom is -0.493 e. The van der Waals surface area contributed by atoms with Crippen LogP contribution in [0.15, 0.2) is 48.7 Å². The van der Waals surface area contributed by atoms with Crippen LogP contribution in [0.4, 0.5) is 5.69 Å². The molecule has 2 rings (SSSR count). The molecule has 0 fully saturated rings. The Bertz CT molecular complexity index is 737. The number of carbonyl (C=O) groups is 1. The fourth-order valence-electron chi connectivity index (χ4n) is 2.41. The van der Waals surface area contributed by atoms with E-state index in [0.29, 0.717) is 18.1 Å². The van der Waals surface area contributed by atoms with Crippen LogP contribution >= 0.6 is 0 Å². The van der Waals surface area contributed by atoms with Crippen molar-refractivity contribution in [3.8, 4) is 11.5 Å². The Hall–Kier alpha value is -2.95. The Labute approximate surface area is 142 Å². The Balaban J connectivity index is 2.34. The van der Waals surface area contributed by atoms with Gasteiger partial charge in [-0.15, -0.1) is 0 Å². The van der Waals surface area contributed by atoms with Gasteiger partial charge in [0.25, 0.3) is 0 Å². The summed E-state index contributed by atoms with van der Waals surface area (Å²) in [6.07, 6.45) is 1.56. The molecule has 0 spiro atoms. The molecule has 5 heteroatoms. The van der Waals surface area contributed by atoms with Gasteiger partial charge < -0.3 is 20.5 Å². The highest BCUT2D eigenvalue weighted by molar-refractivity contribution is 5.89. The zero-order valence-electron chi connectivity index (χ0n) is 14.1. The number of anilines is 1. The monoisotopic (exact) mass is 326 g/mol. The molecule has 0 unspecified atom stereocenters. The molecule has 2 aromatic rings. The molecule has 0 aliphatic carbocycles. The molecule has 0 heterocycles. The van der Waals surface area contributed by atoms with Gasteiger partial charge in [-0.3, -0.25) is 4.79 Å². The van der Waals surface area contributed by atoms with E-state index in [1.165, 1.54) is 6.92 Å². The van der Waals surface area contributed by atoms with E-state index in [1.54, 1.807) is 13.3 Å². The SMILES string of the molecule is CCOc1cc(/C(=C\N)c2ccc(NC(C)=O)cc2)ccc1OC. The normalized spacial score (nSPS) is 11.0. The zero-order chi connectivity index (χ0) is 17.5. The van der Waals surface area contributed by atoms with Crippen LogP contribution < -0.4 is 20.5 Å². The van der Waals surface area contributed by atoms with Gasteiger partial charge in [0, 0.05) is 24.4 Å². The van der Waals surface area contributed by atoms with E-state index < -0.39 is 0 Å². The molecule has 1 amide bonds. The molecule has 0 radical (unpaired) electrons. The zero-order valence-corrected chi connectivity index (χ0v) is 14.1. The second-order valence-electron chi connectivity index (χ2n) is 5.14. The summed E-state index contributed by atoms with van der Waals surface area (Å²) in [4.78, 5) is 11.1. The summed E-state index contributed by atoms with van der Waals surface area (Å²) in [5, 5.41) is 2.74. The minimum atomic E-state index is -0.103. The van der Waals surface area contributed by atoms with Crippen molar-refractivity contribution in [2.45, 2.75) is 13.8 Å². The molecule has 0 aliphatic rings. The van der Waals surface area contributed by atoms with Crippen LogP contribution in [-0.2, 0) is 4.79 Å². The first-order valence-corrected chi connectivity index (χ1v) is 7.70. The number of methoxy groups -OCH3 is 1. The summed E-state index contributed by atoms with van der Waals surface area (Å²) in [6.45, 7) is 3.95. The first kappa shape index (κ1) is 17.4. The van der Waals surface area contributed by atoms with E-state index >= 15 is 0 Å². The smallest absolute Gasteiger partial charge is 0.221 e. The molecule has 126 valence electrons. The maximum atomic E-state index is 11.1. The summed E-state index contributed by atoms with van der Waals surface area (Å²) in [6, 6.07) is 13.2. The maximum Gasteiger partial charge on any atom is 0.221 e. The quantitative estimate of drug-likeness (QED) is 0.853. The van der Waals surface area contributed by atoms with Crippen LogP contribution in [0, 0.1) is 0 Å². The van der Waals surface area contributed by atoms with Crippen molar-refractivity contribution in [1.82, 2.24) is 0 Å². The van der Waals surface area contributed by atoms with Crippen molar-refractivity contribution in [2.24, 2.45) is 5.73 Å². The van der Waals surface area contributed by atoms with E-state index in [2.05, 4.69) is 5.32 Å². The number of nitrogens with one attached hydrogen (secondary N) is 1. The highest BCUT2D eigenvalue weighted by Gasteiger charge is 2.10. The Morgan fingerprint density at radius 2 is 1.79 bits per heavy atom. The van der Waals surface area contributed by atoms with Gasteiger partial charge in [-0.1, -0.05) is 18.2 Å². The standard InChI is InChI=1S/C19H22N2O3/c1-4-24-19-11-15(7-10-18(19)23-3)17(12-20)14-5-8-16(9-6-14)21-13(2)22/h5-12H,4,20H2,1-3H3,(H,21,22)/b17-12-. The molecular weight excluding hydrogens is 304 g/mol. The summed E-state index contributed by atoms with van der Waals surface area (Å²) in [5.41, 5.74) is 9.33. The average Bonchev–Trinajstić information content (AvgIpc) is 2.57. The minimum absolute atomic E-state index is 0.103. The predicted octanol–water partition coefficient (Wildman–Crippen LogP) is 3.40. The highest BCUT2D eigenvalue weighted by atomic mass is 16.5. The van der Waals surface area contributed by atoms with Crippen molar-refractivity contribution in [2.75, 3.05) is 19.0 Å². The van der Waals surface area contributed by atoms with Crippen molar-refractivity contribution in [1.29, 1.82) is 0 Å². The van der Waals surface area contributed by atoms with Gasteiger partial charge in [0.2, 0.25) is 5.91 Å². The molecule has 0 aromatic heterocycles. The largest absolute Gasteiger partial charge is 0.493 e. The van der Waals surface area contributed by atoms with Crippen LogP contribution in [-0.4, -0.2) is 19.6 Å². The number of hydrogen-bond acceptors (Lipinski definition) is 4. The molecular formula is C19H22N2O3. The fraction of sp³-hybridized carbons (Fsp3) is 0.211. The summed E-state index contributed by atoms with van der Waals surface area (Å²) in [5.74, 6) is 1.25. The summed E-state index contributed by atoms with van der Waals surface area (Å²) < 4.78 is 10.9. The Kier molecular flexibility index (Phi) is 5.84. The molecule has 0 atom stereocenters. The van der Waals surface area contributed by atoms with Gasteiger partial charge in [0.1, 0.15) is 0 Å². The van der Waals surface area contributed by atoms with E-state index in [9.17, 15) is 4.79 Å². The predicted molar refractivity (Wildman–Crippen MR) is 96.2 cm³/mol. The van der Waals surface area contributed by atoms with Crippen LogP contribution in [0.25, 0.3) is 5.57 Å². The van der Waals surface area contributed by atoms with Gasteiger partial charge >= 0.3 is 0 Å². The number of nitrogens with two attached hydrogens (primary N) is 1. The molecule has 2 aromatic carbocycles. The number of hydrogen-bond donors (Lipinski definition) is 2. The van der Waals surface area contributed by atoms with Crippen molar-refractivity contribution in [3.63, 3.8) is 0 Å². The Morgan fingerprint density at radius 3 is 2.33 bits per heavy atom. The van der Waals surface area contributed by atoms with Gasteiger partial charge in [-0.2, -0.15) is 0 Å². The second kappa shape index (κ2) is 8.06. The van der Waals surface area contributed by atoms with Crippen molar-refractivity contribution < 1.29 is 14.3 Å². The molecule has 5 nitrogen and oxygen atoms in total. The topological polar surface area (TPSA) is 73.6 Å². The molecule has 0 saturated carbocycles. The van der Waals surface area contributed by atoms with Crippen LogP contribution in [0.2, 0.25) is 0 Å². The van der Waals surface area contributed by atoms with Crippen molar-refractivity contribution in [3.05, 3.63) is 59.8 Å². The molecule has 0 bridgehead atoms. The Morgan fingerprint density at radius 1 is 1.12 bits per heavy atom. The molecule has 0 aliphatic heterocycles. The van der Waals surface area contributed by atoms with Gasteiger partial charge in [-0.05, 0) is 42.3 Å². The number of ether oxygens (including phenoxy) is 2. The number of amides is 1. The highest BCUT2D eigenvalue weighted by Crippen LogP contribution is 2.33. The molecule has 3 N–H and O–H groups in total. The van der Waals surface area contributed by atoms with Gasteiger partial charge in [0.05, 0.1) is 13.7 Å². The van der Waals surface area contributed by atoms with Gasteiger partial charge in [-0.25, -0.2) is 0 Å². The molecule has 0 saturated heterocycles. The van der Waals surface area contributed by atoms with Crippen molar-refractivity contribution >= 4 is 17.2 Å². The third-order valence-corrected chi connectivity index (χ3v) is 3.46. The first-order valence-electron chi connectivity index (χ1n) is 7.70. The maximum absolute atomic E-state index is 11.1. The van der Waals surface area contributed by atoms with Crippen LogP contribution in [0.5, 0.6) is 11.5 Å². The van der Waals surface area contributed by atoms with E-state index in [4.69, 9.17) is 15.2 Å². The number of benzene rings is 2. The summed E-state index contributed by atoms with van der Waals surface area (Å²) in [7, 11) is 1.61. The first-order chi connectivity index (χ1) is 11.6. The van der Waals surface area contributed by atoms with Gasteiger partial charge in [0.15, 0.2) is 11.5 Å². The van der Waals surface area contributed by atoms with E-state index in [0.717, 1.165) is 22.4 Å². The lowest BCUT2D eigenvalue weighted by molar-refractivity contribution is -0.114. The average molecular weight is 326 g/mol. The lowest BCUT2D eigenvalue weighted by Gasteiger charge is -2.13. The summed E-state index contributed by atoms with van der Waals surface area (Å²) >= 11 is 0. The van der Waals surface area contributed by atoms with Crippen LogP contribution in [0.1, 0.15) is 25.0 Å². The number of carbonyl (C=O) groups excluding carboxylic acids is 1. The lowest BCUT2D eigenvalue weighted by atomic mass is 9.98. The van der Waals surface area contributed by atoms with Crippen LogP contribution in [0.3, 0.4) is 0 Å². The number of rotatable bonds is 6.